The Hall–Kier alpha value is -2.74. The lowest BCUT2D eigenvalue weighted by atomic mass is 10.0. The fourth-order valence-corrected chi connectivity index (χ4v) is 4.29. The topological polar surface area (TPSA) is 101 Å². The largest absolute Gasteiger partial charge is 0.468 e. The van der Waals surface area contributed by atoms with Crippen LogP contribution in [0.3, 0.4) is 0 Å². The van der Waals surface area contributed by atoms with Gasteiger partial charge in [-0.15, -0.1) is 11.6 Å². The number of para-hydroxylation sites is 1. The van der Waals surface area contributed by atoms with Crippen molar-refractivity contribution in [3.8, 4) is 0 Å². The number of esters is 1. The molecule has 1 aromatic carbocycles. The van der Waals surface area contributed by atoms with Crippen LogP contribution in [0.4, 0.5) is 4.79 Å². The SMILES string of the molecule is COC(=O)C(Cl)C1(N(C)C(=O)[C@H](Cc2c[nH]c3ccccc23)NC(=O)OC(C)(C)C)CC1. The number of benzene rings is 1. The molecule has 0 aliphatic heterocycles. The van der Waals surface area contributed by atoms with Gasteiger partial charge in [0.1, 0.15) is 11.6 Å². The minimum atomic E-state index is -0.989. The fraction of sp³-hybridized carbons (Fsp3) is 0.522. The summed E-state index contributed by atoms with van der Waals surface area (Å²) in [5.41, 5.74) is 0.265. The lowest BCUT2D eigenvalue weighted by Gasteiger charge is -2.34. The van der Waals surface area contributed by atoms with E-state index in [1.807, 2.05) is 30.5 Å². The molecule has 3 rings (SSSR count). The number of H-pyrrole nitrogens is 1. The molecule has 0 spiro atoms. The average Bonchev–Trinajstić information content (AvgIpc) is 3.45. The standard InChI is InChI=1S/C23H30ClN3O5/c1-22(2,3)32-21(30)26-17(12-14-13-25-16-9-7-6-8-15(14)16)19(28)27(4)23(10-11-23)18(24)20(29)31-5/h6-9,13,17-18,25H,10-12H2,1-5H3,(H,26,30)/t17-,18?/m0/s1. The molecule has 8 nitrogen and oxygen atoms in total. The van der Waals surface area contributed by atoms with Gasteiger partial charge in [0, 0.05) is 30.6 Å². The normalized spacial score (nSPS) is 16.7. The second kappa shape index (κ2) is 9.02. The number of rotatable bonds is 7. The molecule has 1 heterocycles. The number of alkyl halides is 1. The summed E-state index contributed by atoms with van der Waals surface area (Å²) in [6.45, 7) is 5.26. The summed E-state index contributed by atoms with van der Waals surface area (Å²) in [4.78, 5) is 42.8. The Balaban J connectivity index is 1.86. The van der Waals surface area contributed by atoms with E-state index in [9.17, 15) is 14.4 Å². The third kappa shape index (κ3) is 5.01. The molecule has 32 heavy (non-hydrogen) atoms. The number of nitrogens with one attached hydrogen (secondary N) is 2. The number of carbonyl (C=O) groups is 3. The van der Waals surface area contributed by atoms with Gasteiger partial charge in [0.25, 0.3) is 0 Å². The van der Waals surface area contributed by atoms with Crippen LogP contribution in [0.25, 0.3) is 10.9 Å². The molecule has 1 aliphatic rings. The highest BCUT2D eigenvalue weighted by Crippen LogP contribution is 2.47. The van der Waals surface area contributed by atoms with Crippen LogP contribution < -0.4 is 5.32 Å². The Morgan fingerprint density at radius 2 is 1.91 bits per heavy atom. The van der Waals surface area contributed by atoms with Crippen molar-refractivity contribution in [1.82, 2.24) is 15.2 Å². The summed E-state index contributed by atoms with van der Waals surface area (Å²) in [5, 5.41) is 2.69. The Morgan fingerprint density at radius 1 is 1.25 bits per heavy atom. The zero-order valence-electron chi connectivity index (χ0n) is 19.0. The number of halogens is 1. The van der Waals surface area contributed by atoms with E-state index >= 15 is 0 Å². The smallest absolute Gasteiger partial charge is 0.408 e. The highest BCUT2D eigenvalue weighted by molar-refractivity contribution is 6.31. The number of ether oxygens (including phenoxy) is 2. The summed E-state index contributed by atoms with van der Waals surface area (Å²) >= 11 is 6.36. The van der Waals surface area contributed by atoms with Gasteiger partial charge in [-0.25, -0.2) is 4.79 Å². The summed E-state index contributed by atoms with van der Waals surface area (Å²) in [6, 6.07) is 6.82. The van der Waals surface area contributed by atoms with E-state index in [-0.39, 0.29) is 12.3 Å². The highest BCUT2D eigenvalue weighted by atomic mass is 35.5. The first kappa shape index (κ1) is 23.9. The zero-order valence-corrected chi connectivity index (χ0v) is 19.8. The molecule has 0 radical (unpaired) electrons. The molecule has 2 aromatic rings. The van der Waals surface area contributed by atoms with Crippen LogP contribution in [-0.2, 0) is 25.5 Å². The minimum Gasteiger partial charge on any atom is -0.468 e. The van der Waals surface area contributed by atoms with Crippen LogP contribution in [0.2, 0.25) is 0 Å². The molecule has 9 heteroatoms. The van der Waals surface area contributed by atoms with Gasteiger partial charge in [-0.2, -0.15) is 0 Å². The summed E-state index contributed by atoms with van der Waals surface area (Å²) < 4.78 is 10.2. The van der Waals surface area contributed by atoms with E-state index < -0.39 is 34.6 Å². The minimum absolute atomic E-state index is 0.244. The fourth-order valence-electron chi connectivity index (χ4n) is 3.83. The number of methoxy groups -OCH3 is 1. The van der Waals surface area contributed by atoms with E-state index in [1.54, 1.807) is 27.8 Å². The molecule has 0 bridgehead atoms. The summed E-state index contributed by atoms with van der Waals surface area (Å²) in [6.07, 6.45) is 2.53. The van der Waals surface area contributed by atoms with Crippen molar-refractivity contribution < 1.29 is 23.9 Å². The van der Waals surface area contributed by atoms with Crippen molar-refractivity contribution in [3.05, 3.63) is 36.0 Å². The van der Waals surface area contributed by atoms with Crippen LogP contribution >= 0.6 is 11.6 Å². The van der Waals surface area contributed by atoms with E-state index in [4.69, 9.17) is 21.1 Å². The first-order valence-electron chi connectivity index (χ1n) is 10.5. The molecule has 1 aromatic heterocycles. The molecular formula is C23H30ClN3O5. The monoisotopic (exact) mass is 463 g/mol. The average molecular weight is 464 g/mol. The second-order valence-electron chi connectivity index (χ2n) is 9.15. The van der Waals surface area contributed by atoms with Crippen molar-refractivity contribution in [2.75, 3.05) is 14.2 Å². The second-order valence-corrected chi connectivity index (χ2v) is 9.59. The van der Waals surface area contributed by atoms with Crippen molar-refractivity contribution in [2.45, 2.75) is 62.6 Å². The van der Waals surface area contributed by atoms with Gasteiger partial charge in [0.05, 0.1) is 12.6 Å². The first-order valence-corrected chi connectivity index (χ1v) is 11.0. The summed E-state index contributed by atoms with van der Waals surface area (Å²) in [5.74, 6) is -0.940. The molecule has 1 saturated carbocycles. The van der Waals surface area contributed by atoms with E-state index in [0.29, 0.717) is 12.8 Å². The van der Waals surface area contributed by atoms with Gasteiger partial charge < -0.3 is 24.7 Å². The van der Waals surface area contributed by atoms with Crippen LogP contribution in [-0.4, -0.2) is 64.6 Å². The van der Waals surface area contributed by atoms with E-state index in [2.05, 4.69) is 10.3 Å². The van der Waals surface area contributed by atoms with Gasteiger partial charge in [0.2, 0.25) is 5.91 Å². The number of hydrogen-bond acceptors (Lipinski definition) is 5. The van der Waals surface area contributed by atoms with Gasteiger partial charge in [-0.05, 0) is 45.2 Å². The van der Waals surface area contributed by atoms with E-state index in [0.717, 1.165) is 16.5 Å². The number of fused-ring (bicyclic) bond motifs is 1. The maximum Gasteiger partial charge on any atom is 0.408 e. The van der Waals surface area contributed by atoms with Crippen LogP contribution in [0.1, 0.15) is 39.2 Å². The van der Waals surface area contributed by atoms with Gasteiger partial charge in [0.15, 0.2) is 5.38 Å². The van der Waals surface area contributed by atoms with Crippen molar-refractivity contribution >= 4 is 40.5 Å². The molecule has 174 valence electrons. The lowest BCUT2D eigenvalue weighted by molar-refractivity contribution is -0.144. The molecule has 1 aliphatic carbocycles. The lowest BCUT2D eigenvalue weighted by Crippen LogP contribution is -2.56. The quantitative estimate of drug-likeness (QED) is 0.484. The maximum atomic E-state index is 13.5. The molecule has 2 N–H and O–H groups in total. The predicted molar refractivity (Wildman–Crippen MR) is 122 cm³/mol. The van der Waals surface area contributed by atoms with Gasteiger partial charge in [-0.3, -0.25) is 9.59 Å². The predicted octanol–water partition coefficient (Wildman–Crippen LogP) is 3.38. The molecule has 0 saturated heterocycles. The molecule has 1 fully saturated rings. The molecule has 2 atom stereocenters. The number of nitrogens with zero attached hydrogens (tertiary/aromatic N) is 1. The maximum absolute atomic E-state index is 13.5. The molecular weight excluding hydrogens is 434 g/mol. The van der Waals surface area contributed by atoms with E-state index in [1.165, 1.54) is 12.0 Å². The number of aromatic nitrogens is 1. The molecule has 1 unspecified atom stereocenters. The number of hydrogen-bond donors (Lipinski definition) is 2. The van der Waals surface area contributed by atoms with Crippen LogP contribution in [0, 0.1) is 0 Å². The van der Waals surface area contributed by atoms with Crippen LogP contribution in [0.15, 0.2) is 30.5 Å². The number of alkyl carbamates (subject to hydrolysis) is 1. The number of aromatic amines is 1. The number of carbonyl (C=O) groups excluding carboxylic acids is 3. The Morgan fingerprint density at radius 3 is 2.50 bits per heavy atom. The Bertz CT molecular complexity index is 1010. The van der Waals surface area contributed by atoms with Gasteiger partial charge in [-0.1, -0.05) is 18.2 Å². The summed E-state index contributed by atoms with van der Waals surface area (Å²) in [7, 11) is 2.87. The zero-order chi connectivity index (χ0) is 23.7. The molecule has 2 amide bonds. The Kier molecular flexibility index (Phi) is 6.74. The third-order valence-electron chi connectivity index (χ3n) is 5.73. The third-order valence-corrected chi connectivity index (χ3v) is 6.31. The number of amides is 2. The highest BCUT2D eigenvalue weighted by Gasteiger charge is 2.57. The van der Waals surface area contributed by atoms with Gasteiger partial charge >= 0.3 is 12.1 Å². The van der Waals surface area contributed by atoms with Crippen molar-refractivity contribution in [3.63, 3.8) is 0 Å². The van der Waals surface area contributed by atoms with Crippen molar-refractivity contribution in [1.29, 1.82) is 0 Å². The first-order chi connectivity index (χ1) is 15.0. The van der Waals surface area contributed by atoms with Crippen LogP contribution in [0.5, 0.6) is 0 Å². The van der Waals surface area contributed by atoms with Crippen molar-refractivity contribution in [2.24, 2.45) is 0 Å². The number of likely N-dealkylation sites (N-methyl/N-ethyl adjacent to an activating group) is 1. The Labute approximate surface area is 192 Å².